The minimum atomic E-state index is -2.91. The van der Waals surface area contributed by atoms with Crippen molar-refractivity contribution in [1.29, 1.82) is 0 Å². The number of carbonyl (C=O) groups is 1. The number of benzene rings is 1. The molecule has 4 nitrogen and oxygen atoms in total. The topological polar surface area (TPSA) is 51.2 Å². The number of rotatable bonds is 7. The van der Waals surface area contributed by atoms with Gasteiger partial charge in [0.1, 0.15) is 5.75 Å². The first-order chi connectivity index (χ1) is 12.1. The largest absolute Gasteiger partial charge is 0.434 e. The Morgan fingerprint density at radius 1 is 1.24 bits per heavy atom. The third kappa shape index (κ3) is 4.83. The maximum absolute atomic E-state index is 12.5. The average Bonchev–Trinajstić information content (AvgIpc) is 3.24. The van der Waals surface area contributed by atoms with Crippen LogP contribution in [0, 0.1) is 0 Å². The van der Waals surface area contributed by atoms with E-state index in [9.17, 15) is 13.6 Å². The van der Waals surface area contributed by atoms with E-state index in [0.29, 0.717) is 29.2 Å². The Morgan fingerprint density at radius 2 is 2.08 bits per heavy atom. The maximum atomic E-state index is 12.5. The van der Waals surface area contributed by atoms with Crippen LogP contribution in [0.25, 0.3) is 11.3 Å². The van der Waals surface area contributed by atoms with Gasteiger partial charge in [-0.3, -0.25) is 4.79 Å². The molecule has 1 aromatic carbocycles. The Kier molecular flexibility index (Phi) is 5.72. The van der Waals surface area contributed by atoms with Crippen molar-refractivity contribution in [3.05, 3.63) is 52.0 Å². The molecule has 1 N–H and O–H groups in total. The SMILES string of the molecule is O=C(CCc1ccsc1)Nc1nc(-c2ccccc2OC(F)F)cs1. The van der Waals surface area contributed by atoms with Gasteiger partial charge in [0.05, 0.1) is 5.69 Å². The summed E-state index contributed by atoms with van der Waals surface area (Å²) >= 11 is 2.83. The molecule has 8 heteroatoms. The summed E-state index contributed by atoms with van der Waals surface area (Å²) < 4.78 is 29.5. The molecule has 0 fully saturated rings. The zero-order valence-electron chi connectivity index (χ0n) is 12.9. The highest BCUT2D eigenvalue weighted by Crippen LogP contribution is 2.33. The van der Waals surface area contributed by atoms with Crippen molar-refractivity contribution in [2.45, 2.75) is 19.5 Å². The molecule has 0 saturated carbocycles. The molecule has 0 saturated heterocycles. The number of hydrogen-bond donors (Lipinski definition) is 1. The summed E-state index contributed by atoms with van der Waals surface area (Å²) in [5, 5.41) is 8.84. The van der Waals surface area contributed by atoms with Crippen molar-refractivity contribution in [1.82, 2.24) is 4.98 Å². The van der Waals surface area contributed by atoms with Crippen molar-refractivity contribution in [3.8, 4) is 17.0 Å². The summed E-state index contributed by atoms with van der Waals surface area (Å²) in [4.78, 5) is 16.3. The monoisotopic (exact) mass is 380 g/mol. The third-order valence-corrected chi connectivity index (χ3v) is 4.84. The third-order valence-electron chi connectivity index (χ3n) is 3.35. The Hall–Kier alpha value is -2.32. The molecule has 0 spiro atoms. The molecule has 1 amide bonds. The summed E-state index contributed by atoms with van der Waals surface area (Å²) in [5.74, 6) is -0.0812. The van der Waals surface area contributed by atoms with E-state index in [0.717, 1.165) is 5.56 Å². The molecular weight excluding hydrogens is 366 g/mol. The molecule has 0 aliphatic rings. The van der Waals surface area contributed by atoms with Crippen molar-refractivity contribution < 1.29 is 18.3 Å². The minimum Gasteiger partial charge on any atom is -0.434 e. The number of thiazole rings is 1. The van der Waals surface area contributed by atoms with Gasteiger partial charge in [-0.2, -0.15) is 20.1 Å². The van der Waals surface area contributed by atoms with Gasteiger partial charge in [0, 0.05) is 17.4 Å². The van der Waals surface area contributed by atoms with E-state index in [1.54, 1.807) is 34.9 Å². The number of thiophene rings is 1. The van der Waals surface area contributed by atoms with Crippen molar-refractivity contribution in [2.75, 3.05) is 5.32 Å². The molecule has 0 unspecified atom stereocenters. The van der Waals surface area contributed by atoms with E-state index >= 15 is 0 Å². The predicted octanol–water partition coefficient (Wildman–Crippen LogP) is 5.04. The highest BCUT2D eigenvalue weighted by molar-refractivity contribution is 7.14. The van der Waals surface area contributed by atoms with Crippen LogP contribution in [0.2, 0.25) is 0 Å². The number of amides is 1. The van der Waals surface area contributed by atoms with Crippen LogP contribution in [-0.4, -0.2) is 17.5 Å². The summed E-state index contributed by atoms with van der Waals surface area (Å²) in [7, 11) is 0. The summed E-state index contributed by atoms with van der Waals surface area (Å²) in [6.07, 6.45) is 1.02. The number of ether oxygens (including phenoxy) is 1. The fourth-order valence-electron chi connectivity index (χ4n) is 2.21. The number of aryl methyl sites for hydroxylation is 1. The zero-order valence-corrected chi connectivity index (χ0v) is 14.6. The lowest BCUT2D eigenvalue weighted by Gasteiger charge is -2.08. The molecule has 2 heterocycles. The highest BCUT2D eigenvalue weighted by Gasteiger charge is 2.14. The highest BCUT2D eigenvalue weighted by atomic mass is 32.1. The van der Waals surface area contributed by atoms with Gasteiger partial charge in [-0.05, 0) is 40.9 Å². The lowest BCUT2D eigenvalue weighted by Crippen LogP contribution is -2.11. The summed E-state index contributed by atoms with van der Waals surface area (Å²) in [6.45, 7) is -2.91. The minimum absolute atomic E-state index is 0.0538. The van der Waals surface area contributed by atoms with E-state index < -0.39 is 6.61 Å². The number of hydrogen-bond acceptors (Lipinski definition) is 5. The predicted molar refractivity (Wildman–Crippen MR) is 95.5 cm³/mol. The van der Waals surface area contributed by atoms with E-state index in [1.807, 2.05) is 16.8 Å². The lowest BCUT2D eigenvalue weighted by atomic mass is 10.1. The fourth-order valence-corrected chi connectivity index (χ4v) is 3.64. The maximum Gasteiger partial charge on any atom is 0.387 e. The summed E-state index contributed by atoms with van der Waals surface area (Å²) in [5.41, 5.74) is 2.06. The molecule has 0 radical (unpaired) electrons. The van der Waals surface area contributed by atoms with Crippen LogP contribution in [0.15, 0.2) is 46.5 Å². The van der Waals surface area contributed by atoms with Gasteiger partial charge < -0.3 is 10.1 Å². The number of alkyl halides is 2. The van der Waals surface area contributed by atoms with Gasteiger partial charge in [-0.1, -0.05) is 12.1 Å². The molecule has 2 aromatic heterocycles. The van der Waals surface area contributed by atoms with E-state index in [4.69, 9.17) is 0 Å². The number of para-hydroxylation sites is 1. The van der Waals surface area contributed by atoms with Crippen LogP contribution in [0.5, 0.6) is 5.75 Å². The molecule has 130 valence electrons. The Morgan fingerprint density at radius 3 is 2.84 bits per heavy atom. The number of carbonyl (C=O) groups excluding carboxylic acids is 1. The molecular formula is C17H14F2N2O2S2. The Bertz CT molecular complexity index is 835. The fraction of sp³-hybridized carbons (Fsp3) is 0.176. The van der Waals surface area contributed by atoms with Gasteiger partial charge in [-0.25, -0.2) is 4.98 Å². The first-order valence-corrected chi connectivity index (χ1v) is 9.25. The van der Waals surface area contributed by atoms with Gasteiger partial charge in [-0.15, -0.1) is 11.3 Å². The van der Waals surface area contributed by atoms with E-state index in [1.165, 1.54) is 17.4 Å². The first kappa shape index (κ1) is 17.5. The van der Waals surface area contributed by atoms with Crippen LogP contribution in [-0.2, 0) is 11.2 Å². The molecule has 0 atom stereocenters. The van der Waals surface area contributed by atoms with Crippen LogP contribution in [0.1, 0.15) is 12.0 Å². The molecule has 0 bridgehead atoms. The van der Waals surface area contributed by atoms with Gasteiger partial charge >= 0.3 is 6.61 Å². The second-order valence-electron chi connectivity index (χ2n) is 5.09. The molecule has 0 aliphatic carbocycles. The second kappa shape index (κ2) is 8.17. The molecule has 0 aliphatic heterocycles. The first-order valence-electron chi connectivity index (χ1n) is 7.42. The Balaban J connectivity index is 1.65. The number of halogens is 2. The molecule has 25 heavy (non-hydrogen) atoms. The number of anilines is 1. The molecule has 3 aromatic rings. The van der Waals surface area contributed by atoms with E-state index in [2.05, 4.69) is 15.0 Å². The van der Waals surface area contributed by atoms with Crippen LogP contribution >= 0.6 is 22.7 Å². The van der Waals surface area contributed by atoms with Crippen molar-refractivity contribution >= 4 is 33.7 Å². The van der Waals surface area contributed by atoms with Crippen molar-refractivity contribution in [2.24, 2.45) is 0 Å². The van der Waals surface area contributed by atoms with Crippen LogP contribution in [0.4, 0.5) is 13.9 Å². The average molecular weight is 380 g/mol. The second-order valence-corrected chi connectivity index (χ2v) is 6.73. The smallest absolute Gasteiger partial charge is 0.387 e. The Labute approximate surface area is 151 Å². The zero-order chi connectivity index (χ0) is 17.6. The quantitative estimate of drug-likeness (QED) is 0.624. The van der Waals surface area contributed by atoms with Gasteiger partial charge in [0.15, 0.2) is 5.13 Å². The van der Waals surface area contributed by atoms with Crippen molar-refractivity contribution in [3.63, 3.8) is 0 Å². The van der Waals surface area contributed by atoms with Crippen LogP contribution < -0.4 is 10.1 Å². The van der Waals surface area contributed by atoms with Gasteiger partial charge in [0.2, 0.25) is 5.91 Å². The van der Waals surface area contributed by atoms with Gasteiger partial charge in [0.25, 0.3) is 0 Å². The standard InChI is InChI=1S/C17H14F2N2O2S2/c18-16(19)23-14-4-2-1-3-12(14)13-10-25-17(20-13)21-15(22)6-5-11-7-8-24-9-11/h1-4,7-10,16H,5-6H2,(H,20,21,22). The lowest BCUT2D eigenvalue weighted by molar-refractivity contribution is -0.116. The normalized spacial score (nSPS) is 10.8. The van der Waals surface area contributed by atoms with E-state index in [-0.39, 0.29) is 11.7 Å². The number of nitrogens with zero attached hydrogens (tertiary/aromatic N) is 1. The number of aromatic nitrogens is 1. The molecule has 3 rings (SSSR count). The summed E-state index contributed by atoms with van der Waals surface area (Å²) in [6, 6.07) is 8.42. The number of nitrogens with one attached hydrogen (secondary N) is 1. The van der Waals surface area contributed by atoms with Crippen LogP contribution in [0.3, 0.4) is 0 Å².